The third kappa shape index (κ3) is 10.1. The van der Waals surface area contributed by atoms with Crippen LogP contribution in [0.3, 0.4) is 0 Å². The van der Waals surface area contributed by atoms with Gasteiger partial charge in [-0.15, -0.1) is 0 Å². The highest BCUT2D eigenvalue weighted by molar-refractivity contribution is 5.79. The molecule has 0 saturated carbocycles. The molecular formula is C12H28N4O. The number of rotatable bonds is 8. The van der Waals surface area contributed by atoms with Crippen LogP contribution < -0.4 is 10.6 Å². The van der Waals surface area contributed by atoms with Crippen LogP contribution in [0.1, 0.15) is 20.3 Å². The van der Waals surface area contributed by atoms with Crippen molar-refractivity contribution in [1.29, 1.82) is 0 Å². The van der Waals surface area contributed by atoms with Gasteiger partial charge < -0.3 is 20.3 Å². The molecular weight excluding hydrogens is 216 g/mol. The fraction of sp³-hybridized carbons (Fsp3) is 0.917. The van der Waals surface area contributed by atoms with Gasteiger partial charge in [0.25, 0.3) is 0 Å². The predicted molar refractivity (Wildman–Crippen MR) is 73.6 cm³/mol. The van der Waals surface area contributed by atoms with Crippen molar-refractivity contribution in [3.05, 3.63) is 0 Å². The molecule has 0 aromatic heterocycles. The van der Waals surface area contributed by atoms with Crippen molar-refractivity contribution in [2.45, 2.75) is 26.3 Å². The fourth-order valence-corrected chi connectivity index (χ4v) is 1.38. The van der Waals surface area contributed by atoms with Crippen molar-refractivity contribution >= 4 is 5.96 Å². The van der Waals surface area contributed by atoms with Crippen LogP contribution in [-0.2, 0) is 4.74 Å². The summed E-state index contributed by atoms with van der Waals surface area (Å²) in [6.07, 6.45) is 1.10. The van der Waals surface area contributed by atoms with Crippen LogP contribution in [0.25, 0.3) is 0 Å². The van der Waals surface area contributed by atoms with Crippen LogP contribution in [0.5, 0.6) is 0 Å². The minimum absolute atomic E-state index is 0.408. The second-order valence-corrected chi connectivity index (χ2v) is 4.45. The Kier molecular flexibility index (Phi) is 9.86. The Morgan fingerprint density at radius 1 is 1.35 bits per heavy atom. The monoisotopic (exact) mass is 244 g/mol. The molecule has 0 aromatic rings. The molecule has 0 heterocycles. The van der Waals surface area contributed by atoms with Crippen molar-refractivity contribution in [1.82, 2.24) is 15.5 Å². The summed E-state index contributed by atoms with van der Waals surface area (Å²) in [4.78, 5) is 6.42. The molecule has 0 amide bonds. The lowest BCUT2D eigenvalue weighted by Crippen LogP contribution is -2.41. The Bertz CT molecular complexity index is 207. The lowest BCUT2D eigenvalue weighted by molar-refractivity contribution is 0.161. The summed E-state index contributed by atoms with van der Waals surface area (Å²) in [7, 11) is 5.64. The maximum atomic E-state index is 5.03. The number of likely N-dealkylation sites (N-methyl/N-ethyl adjacent to an activating group) is 1. The topological polar surface area (TPSA) is 48.9 Å². The van der Waals surface area contributed by atoms with E-state index < -0.39 is 0 Å². The smallest absolute Gasteiger partial charge is 0.191 e. The second-order valence-electron chi connectivity index (χ2n) is 4.45. The number of nitrogens with one attached hydrogen (secondary N) is 2. The molecule has 0 bridgehead atoms. The number of ether oxygens (including phenoxy) is 1. The molecule has 0 spiro atoms. The van der Waals surface area contributed by atoms with Gasteiger partial charge in [-0.1, -0.05) is 0 Å². The normalized spacial score (nSPS) is 12.3. The summed E-state index contributed by atoms with van der Waals surface area (Å²) < 4.78 is 5.03. The van der Waals surface area contributed by atoms with Gasteiger partial charge in [0, 0.05) is 33.3 Å². The van der Waals surface area contributed by atoms with Crippen LogP contribution >= 0.6 is 0 Å². The van der Waals surface area contributed by atoms with Gasteiger partial charge in [-0.25, -0.2) is 0 Å². The zero-order chi connectivity index (χ0) is 13.1. The molecule has 0 radical (unpaired) electrons. The quantitative estimate of drug-likeness (QED) is 0.371. The van der Waals surface area contributed by atoms with Gasteiger partial charge in [-0.3, -0.25) is 4.99 Å². The molecule has 0 unspecified atom stereocenters. The summed E-state index contributed by atoms with van der Waals surface area (Å²) in [5, 5.41) is 6.55. The van der Waals surface area contributed by atoms with E-state index >= 15 is 0 Å². The Balaban J connectivity index is 3.55. The molecule has 5 heteroatoms. The summed E-state index contributed by atoms with van der Waals surface area (Å²) in [6, 6.07) is 0.408. The minimum atomic E-state index is 0.408. The number of nitrogens with zero attached hydrogens (tertiary/aromatic N) is 2. The summed E-state index contributed by atoms with van der Waals surface area (Å²) in [6.45, 7) is 7.98. The van der Waals surface area contributed by atoms with Crippen LogP contribution in [-0.4, -0.2) is 64.3 Å². The first kappa shape index (κ1) is 16.2. The molecule has 0 aliphatic rings. The van der Waals surface area contributed by atoms with Gasteiger partial charge in [-0.2, -0.15) is 0 Å². The largest absolute Gasteiger partial charge is 0.383 e. The predicted octanol–water partition coefficient (Wildman–Crippen LogP) is 0.528. The van der Waals surface area contributed by atoms with Gasteiger partial charge >= 0.3 is 0 Å². The molecule has 2 N–H and O–H groups in total. The van der Waals surface area contributed by atoms with Crippen LogP contribution in [0, 0.1) is 0 Å². The van der Waals surface area contributed by atoms with Crippen molar-refractivity contribution in [2.24, 2.45) is 4.99 Å². The minimum Gasteiger partial charge on any atom is -0.383 e. The highest BCUT2D eigenvalue weighted by atomic mass is 16.5. The third-order valence-electron chi connectivity index (χ3n) is 2.34. The van der Waals surface area contributed by atoms with E-state index in [4.69, 9.17) is 4.74 Å². The van der Waals surface area contributed by atoms with Crippen LogP contribution in [0.4, 0.5) is 0 Å². The van der Waals surface area contributed by atoms with Gasteiger partial charge in [-0.05, 0) is 33.9 Å². The summed E-state index contributed by atoms with van der Waals surface area (Å²) in [5.41, 5.74) is 0. The van der Waals surface area contributed by atoms with Crippen molar-refractivity contribution in [3.8, 4) is 0 Å². The van der Waals surface area contributed by atoms with Crippen LogP contribution in [0.2, 0.25) is 0 Å². The molecule has 5 nitrogen and oxygen atoms in total. The SMILES string of the molecule is CN=C(NCCCN(C)CCOC)NC(C)C. The number of aliphatic imine (C=N–C) groups is 1. The molecule has 0 aliphatic heterocycles. The molecule has 17 heavy (non-hydrogen) atoms. The zero-order valence-electron chi connectivity index (χ0n) is 11.9. The third-order valence-corrected chi connectivity index (χ3v) is 2.34. The maximum Gasteiger partial charge on any atom is 0.191 e. The molecule has 0 atom stereocenters. The highest BCUT2D eigenvalue weighted by Gasteiger charge is 2.00. The highest BCUT2D eigenvalue weighted by Crippen LogP contribution is 1.87. The van der Waals surface area contributed by atoms with Gasteiger partial charge in [0.05, 0.1) is 6.61 Å². The number of methoxy groups -OCH3 is 1. The summed E-state index contributed by atoms with van der Waals surface area (Å²) >= 11 is 0. The molecule has 0 fully saturated rings. The Hall–Kier alpha value is -0.810. The first-order valence-electron chi connectivity index (χ1n) is 6.24. The zero-order valence-corrected chi connectivity index (χ0v) is 11.9. The van der Waals surface area contributed by atoms with Gasteiger partial charge in [0.15, 0.2) is 5.96 Å². The summed E-state index contributed by atoms with van der Waals surface area (Å²) in [5.74, 6) is 0.875. The van der Waals surface area contributed by atoms with Gasteiger partial charge in [0.2, 0.25) is 0 Å². The van der Waals surface area contributed by atoms with Crippen molar-refractivity contribution in [3.63, 3.8) is 0 Å². The molecule has 0 rings (SSSR count). The first-order chi connectivity index (χ1) is 8.10. The Labute approximate surface area is 106 Å². The Morgan fingerprint density at radius 3 is 2.59 bits per heavy atom. The lowest BCUT2D eigenvalue weighted by Gasteiger charge is -2.17. The van der Waals surface area contributed by atoms with E-state index in [0.29, 0.717) is 6.04 Å². The second kappa shape index (κ2) is 10.4. The standard InChI is InChI=1S/C12H28N4O/c1-11(2)15-12(13-3)14-7-6-8-16(4)9-10-17-5/h11H,6-10H2,1-5H3,(H2,13,14,15). The Morgan fingerprint density at radius 2 is 2.06 bits per heavy atom. The molecule has 0 aliphatic carbocycles. The number of hydrogen-bond acceptors (Lipinski definition) is 3. The van der Waals surface area contributed by atoms with E-state index in [2.05, 4.69) is 41.4 Å². The van der Waals surface area contributed by atoms with E-state index in [0.717, 1.165) is 38.6 Å². The number of hydrogen-bond donors (Lipinski definition) is 2. The lowest BCUT2D eigenvalue weighted by atomic mass is 10.4. The van der Waals surface area contributed by atoms with E-state index in [1.807, 2.05) is 0 Å². The van der Waals surface area contributed by atoms with E-state index in [1.165, 1.54) is 0 Å². The van der Waals surface area contributed by atoms with Gasteiger partial charge in [0.1, 0.15) is 0 Å². The number of guanidine groups is 1. The molecule has 0 saturated heterocycles. The maximum absolute atomic E-state index is 5.03. The van der Waals surface area contributed by atoms with Crippen molar-refractivity contribution < 1.29 is 4.74 Å². The van der Waals surface area contributed by atoms with E-state index in [-0.39, 0.29) is 0 Å². The van der Waals surface area contributed by atoms with E-state index in [1.54, 1.807) is 14.2 Å². The molecule has 102 valence electrons. The average molecular weight is 244 g/mol. The average Bonchev–Trinajstić information content (AvgIpc) is 2.29. The molecule has 0 aromatic carbocycles. The van der Waals surface area contributed by atoms with Crippen molar-refractivity contribution in [2.75, 3.05) is 47.4 Å². The van der Waals surface area contributed by atoms with Crippen LogP contribution in [0.15, 0.2) is 4.99 Å². The first-order valence-corrected chi connectivity index (χ1v) is 6.24. The van der Waals surface area contributed by atoms with E-state index in [9.17, 15) is 0 Å². The fourth-order valence-electron chi connectivity index (χ4n) is 1.38.